The number of nitrogens with one attached hydrogen (secondary N) is 1. The number of hydrogen-bond donors (Lipinski definition) is 1. The number of amides is 1. The second kappa shape index (κ2) is 9.56. The second-order valence-corrected chi connectivity index (χ2v) is 10.5. The van der Waals surface area contributed by atoms with E-state index in [2.05, 4.69) is 10.3 Å². The first-order chi connectivity index (χ1) is 15.8. The minimum absolute atomic E-state index is 0.0949. The molecule has 0 spiro atoms. The van der Waals surface area contributed by atoms with Gasteiger partial charge < -0.3 is 5.32 Å². The zero-order valence-electron chi connectivity index (χ0n) is 18.2. The molecular weight excluding hydrogens is 454 g/mol. The standard InChI is InChI=1S/C25H23N3O3S2/c1-18-24(32-23(26-18)16-19-10-5-3-6-11-19)25(29)27-20-12-9-15-22(17-20)33(30,31)28(2)21-13-7-4-8-14-21/h3-15,17H,16H2,1-2H3,(H,27,29). The van der Waals surface area contributed by atoms with Gasteiger partial charge in [-0.05, 0) is 42.8 Å². The summed E-state index contributed by atoms with van der Waals surface area (Å²) in [6.45, 7) is 1.80. The number of aromatic nitrogens is 1. The Hall–Kier alpha value is -3.49. The van der Waals surface area contributed by atoms with Gasteiger partial charge in [0, 0.05) is 19.2 Å². The van der Waals surface area contributed by atoms with E-state index in [9.17, 15) is 13.2 Å². The molecule has 1 amide bonds. The molecule has 0 aliphatic rings. The van der Waals surface area contributed by atoms with Crippen LogP contribution in [0, 0.1) is 6.92 Å². The Morgan fingerprint density at radius 2 is 1.64 bits per heavy atom. The monoisotopic (exact) mass is 477 g/mol. The number of carbonyl (C=O) groups is 1. The maximum Gasteiger partial charge on any atom is 0.267 e. The molecule has 1 N–H and O–H groups in total. The number of thiazole rings is 1. The number of para-hydroxylation sites is 1. The van der Waals surface area contributed by atoms with Gasteiger partial charge in [0.15, 0.2) is 0 Å². The van der Waals surface area contributed by atoms with E-state index in [4.69, 9.17) is 0 Å². The summed E-state index contributed by atoms with van der Waals surface area (Å²) >= 11 is 1.34. The minimum atomic E-state index is -3.78. The Morgan fingerprint density at radius 3 is 2.33 bits per heavy atom. The Bertz CT molecular complexity index is 1370. The van der Waals surface area contributed by atoms with E-state index in [0.29, 0.717) is 28.4 Å². The third kappa shape index (κ3) is 5.13. The third-order valence-corrected chi connectivity index (χ3v) is 8.05. The molecule has 168 valence electrons. The maximum atomic E-state index is 13.1. The fraction of sp³-hybridized carbons (Fsp3) is 0.120. The molecule has 0 radical (unpaired) electrons. The van der Waals surface area contributed by atoms with Crippen LogP contribution in [-0.2, 0) is 16.4 Å². The molecule has 8 heteroatoms. The highest BCUT2D eigenvalue weighted by molar-refractivity contribution is 7.92. The highest BCUT2D eigenvalue weighted by Gasteiger charge is 2.22. The Labute approximate surface area is 197 Å². The summed E-state index contributed by atoms with van der Waals surface area (Å²) in [7, 11) is -2.28. The first kappa shape index (κ1) is 22.7. The van der Waals surface area contributed by atoms with Crippen molar-refractivity contribution in [2.24, 2.45) is 0 Å². The van der Waals surface area contributed by atoms with Gasteiger partial charge in [-0.25, -0.2) is 13.4 Å². The lowest BCUT2D eigenvalue weighted by Crippen LogP contribution is -2.26. The van der Waals surface area contributed by atoms with Crippen LogP contribution in [0.4, 0.5) is 11.4 Å². The molecule has 0 aliphatic carbocycles. The molecule has 1 heterocycles. The van der Waals surface area contributed by atoms with Crippen molar-refractivity contribution >= 4 is 38.6 Å². The van der Waals surface area contributed by atoms with E-state index in [0.717, 1.165) is 10.6 Å². The van der Waals surface area contributed by atoms with Crippen LogP contribution in [0.1, 0.15) is 25.9 Å². The van der Waals surface area contributed by atoms with Crippen LogP contribution >= 0.6 is 11.3 Å². The first-order valence-electron chi connectivity index (χ1n) is 10.3. The van der Waals surface area contributed by atoms with Crippen LogP contribution in [-0.4, -0.2) is 26.4 Å². The molecule has 6 nitrogen and oxygen atoms in total. The normalized spacial score (nSPS) is 11.2. The molecule has 0 aliphatic heterocycles. The molecule has 0 saturated heterocycles. The first-order valence-corrected chi connectivity index (χ1v) is 12.6. The van der Waals surface area contributed by atoms with Crippen molar-refractivity contribution in [2.75, 3.05) is 16.7 Å². The van der Waals surface area contributed by atoms with E-state index < -0.39 is 10.0 Å². The summed E-state index contributed by atoms with van der Waals surface area (Å²) in [5, 5.41) is 3.67. The fourth-order valence-corrected chi connectivity index (χ4v) is 5.60. The molecule has 0 fully saturated rings. The van der Waals surface area contributed by atoms with Crippen molar-refractivity contribution in [1.29, 1.82) is 0 Å². The van der Waals surface area contributed by atoms with Crippen molar-refractivity contribution in [3.05, 3.63) is 106 Å². The van der Waals surface area contributed by atoms with E-state index in [1.54, 1.807) is 43.3 Å². The molecular formula is C25H23N3O3S2. The van der Waals surface area contributed by atoms with E-state index in [1.807, 2.05) is 36.4 Å². The van der Waals surface area contributed by atoms with Crippen LogP contribution in [0.2, 0.25) is 0 Å². The fourth-order valence-electron chi connectivity index (χ4n) is 3.37. The zero-order valence-corrected chi connectivity index (χ0v) is 19.9. The van der Waals surface area contributed by atoms with Crippen LogP contribution in [0.3, 0.4) is 0 Å². The van der Waals surface area contributed by atoms with E-state index in [1.165, 1.54) is 34.8 Å². The number of hydrogen-bond acceptors (Lipinski definition) is 5. The molecule has 0 bridgehead atoms. The number of sulfonamides is 1. The van der Waals surface area contributed by atoms with Gasteiger partial charge in [0.05, 0.1) is 21.3 Å². The quantitative estimate of drug-likeness (QED) is 0.401. The summed E-state index contributed by atoms with van der Waals surface area (Å²) in [4.78, 5) is 18.1. The SMILES string of the molecule is Cc1nc(Cc2ccccc2)sc1C(=O)Nc1cccc(S(=O)(=O)N(C)c2ccccc2)c1. The second-order valence-electron chi connectivity index (χ2n) is 7.47. The average molecular weight is 478 g/mol. The Balaban J connectivity index is 1.52. The van der Waals surface area contributed by atoms with Gasteiger partial charge in [-0.3, -0.25) is 9.10 Å². The zero-order chi connectivity index (χ0) is 23.4. The minimum Gasteiger partial charge on any atom is -0.321 e. The van der Waals surface area contributed by atoms with Gasteiger partial charge in [0.25, 0.3) is 15.9 Å². The largest absolute Gasteiger partial charge is 0.321 e. The number of nitrogens with zero attached hydrogens (tertiary/aromatic N) is 2. The number of benzene rings is 3. The average Bonchev–Trinajstić information content (AvgIpc) is 3.20. The lowest BCUT2D eigenvalue weighted by molar-refractivity contribution is 0.102. The van der Waals surface area contributed by atoms with Crippen LogP contribution < -0.4 is 9.62 Å². The Morgan fingerprint density at radius 1 is 0.970 bits per heavy atom. The van der Waals surface area contributed by atoms with E-state index >= 15 is 0 Å². The van der Waals surface area contributed by atoms with Crippen LogP contribution in [0.5, 0.6) is 0 Å². The number of aryl methyl sites for hydroxylation is 1. The lowest BCUT2D eigenvalue weighted by atomic mass is 10.2. The highest BCUT2D eigenvalue weighted by atomic mass is 32.2. The molecule has 0 saturated carbocycles. The van der Waals surface area contributed by atoms with Gasteiger partial charge in [0.2, 0.25) is 0 Å². The third-order valence-electron chi connectivity index (χ3n) is 5.12. The predicted molar refractivity (Wildman–Crippen MR) is 133 cm³/mol. The summed E-state index contributed by atoms with van der Waals surface area (Å²) in [5.74, 6) is -0.310. The lowest BCUT2D eigenvalue weighted by Gasteiger charge is -2.19. The van der Waals surface area contributed by atoms with Gasteiger partial charge in [-0.2, -0.15) is 0 Å². The van der Waals surface area contributed by atoms with Crippen molar-refractivity contribution in [3.63, 3.8) is 0 Å². The predicted octanol–water partition coefficient (Wildman–Crippen LogP) is 5.12. The smallest absolute Gasteiger partial charge is 0.267 e. The number of anilines is 2. The number of rotatable bonds is 7. The van der Waals surface area contributed by atoms with Gasteiger partial charge in [0.1, 0.15) is 4.88 Å². The summed E-state index contributed by atoms with van der Waals surface area (Å²) in [6.07, 6.45) is 0.652. The molecule has 4 aromatic rings. The summed E-state index contributed by atoms with van der Waals surface area (Å²) in [6, 6.07) is 25.0. The maximum absolute atomic E-state index is 13.1. The van der Waals surface area contributed by atoms with Crippen molar-refractivity contribution < 1.29 is 13.2 Å². The van der Waals surface area contributed by atoms with Crippen molar-refractivity contribution in [2.45, 2.75) is 18.2 Å². The number of carbonyl (C=O) groups excluding carboxylic acids is 1. The molecule has 0 unspecified atom stereocenters. The molecule has 0 atom stereocenters. The van der Waals surface area contributed by atoms with E-state index in [-0.39, 0.29) is 10.8 Å². The summed E-state index contributed by atoms with van der Waals surface area (Å²) in [5.41, 5.74) is 2.73. The van der Waals surface area contributed by atoms with Crippen molar-refractivity contribution in [3.8, 4) is 0 Å². The molecule has 3 aromatic carbocycles. The topological polar surface area (TPSA) is 79.4 Å². The molecule has 1 aromatic heterocycles. The molecule has 33 heavy (non-hydrogen) atoms. The van der Waals surface area contributed by atoms with Gasteiger partial charge >= 0.3 is 0 Å². The van der Waals surface area contributed by atoms with Gasteiger partial charge in [-0.1, -0.05) is 54.6 Å². The van der Waals surface area contributed by atoms with Crippen LogP contribution in [0.15, 0.2) is 89.8 Å². The van der Waals surface area contributed by atoms with Crippen molar-refractivity contribution in [1.82, 2.24) is 4.98 Å². The summed E-state index contributed by atoms with van der Waals surface area (Å²) < 4.78 is 27.4. The molecule has 4 rings (SSSR count). The van der Waals surface area contributed by atoms with Gasteiger partial charge in [-0.15, -0.1) is 11.3 Å². The highest BCUT2D eigenvalue weighted by Crippen LogP contribution is 2.25. The van der Waals surface area contributed by atoms with Crippen LogP contribution in [0.25, 0.3) is 0 Å². The Kier molecular flexibility index (Phi) is 6.57.